The summed E-state index contributed by atoms with van der Waals surface area (Å²) >= 11 is 1.62. The van der Waals surface area contributed by atoms with Crippen molar-refractivity contribution in [2.24, 2.45) is 0 Å². The van der Waals surface area contributed by atoms with Crippen LogP contribution in [0, 0.1) is 0 Å². The van der Waals surface area contributed by atoms with E-state index in [1.807, 2.05) is 0 Å². The van der Waals surface area contributed by atoms with Crippen molar-refractivity contribution in [3.8, 4) is 11.3 Å². The summed E-state index contributed by atoms with van der Waals surface area (Å²) in [6, 6.07) is 12.8. The van der Waals surface area contributed by atoms with Crippen molar-refractivity contribution in [3.63, 3.8) is 0 Å². The van der Waals surface area contributed by atoms with E-state index in [0.717, 1.165) is 17.2 Å². The number of hydrogen-bond acceptors (Lipinski definition) is 3. The Morgan fingerprint density at radius 2 is 2.05 bits per heavy atom. The van der Waals surface area contributed by atoms with Crippen molar-refractivity contribution in [1.29, 1.82) is 0 Å². The Labute approximate surface area is 126 Å². The second kappa shape index (κ2) is 4.40. The molecular formula is C17H14N2OS. The number of amides is 1. The van der Waals surface area contributed by atoms with Crippen LogP contribution in [0.4, 0.5) is 5.13 Å². The van der Waals surface area contributed by atoms with Crippen LogP contribution in [-0.4, -0.2) is 17.9 Å². The summed E-state index contributed by atoms with van der Waals surface area (Å²) in [5, 5.41) is 3.36. The molecule has 1 aliphatic rings. The maximum atomic E-state index is 11.5. The van der Waals surface area contributed by atoms with E-state index in [0.29, 0.717) is 0 Å². The zero-order chi connectivity index (χ0) is 14.6. The van der Waals surface area contributed by atoms with Gasteiger partial charge in [0.1, 0.15) is 0 Å². The van der Waals surface area contributed by atoms with Gasteiger partial charge in [-0.2, -0.15) is 0 Å². The van der Waals surface area contributed by atoms with Gasteiger partial charge in [-0.25, -0.2) is 4.98 Å². The fourth-order valence-corrected chi connectivity index (χ4v) is 3.95. The Hall–Kier alpha value is -2.20. The van der Waals surface area contributed by atoms with Crippen LogP contribution < -0.4 is 4.90 Å². The van der Waals surface area contributed by atoms with Gasteiger partial charge in [0.15, 0.2) is 5.13 Å². The molecule has 0 bridgehead atoms. The average molecular weight is 294 g/mol. The smallest absolute Gasteiger partial charge is 0.225 e. The van der Waals surface area contributed by atoms with Crippen molar-refractivity contribution in [2.45, 2.75) is 13.3 Å². The number of carbonyl (C=O) groups excluding carboxylic acids is 1. The summed E-state index contributed by atoms with van der Waals surface area (Å²) < 4.78 is 0. The molecule has 0 fully saturated rings. The summed E-state index contributed by atoms with van der Waals surface area (Å²) in [6.45, 7) is 1.56. The summed E-state index contributed by atoms with van der Waals surface area (Å²) in [4.78, 5) is 19.0. The molecule has 0 atom stereocenters. The number of anilines is 1. The number of nitrogens with zero attached hydrogens (tertiary/aromatic N) is 2. The minimum Gasteiger partial charge on any atom is -0.291 e. The van der Waals surface area contributed by atoms with Crippen molar-refractivity contribution in [3.05, 3.63) is 46.8 Å². The Balaban J connectivity index is 1.88. The molecule has 0 saturated carbocycles. The third kappa shape index (κ3) is 1.79. The number of rotatable bonds is 1. The standard InChI is InChI=1S/C17H14N2OS/c1-10(20)19(2)17-18-16-13-8-7-11-5-3-4-6-12(11)14(13)9-15(16)21-17/h3-8H,9H2,1-2H3. The molecule has 21 heavy (non-hydrogen) atoms. The van der Waals surface area contributed by atoms with Crippen molar-refractivity contribution in [1.82, 2.24) is 4.98 Å². The van der Waals surface area contributed by atoms with Gasteiger partial charge < -0.3 is 0 Å². The van der Waals surface area contributed by atoms with Crippen LogP contribution >= 0.6 is 11.3 Å². The van der Waals surface area contributed by atoms with E-state index in [9.17, 15) is 4.79 Å². The zero-order valence-electron chi connectivity index (χ0n) is 11.9. The fraction of sp³-hybridized carbons (Fsp3) is 0.176. The molecule has 4 heteroatoms. The Kier molecular flexibility index (Phi) is 2.62. The van der Waals surface area contributed by atoms with E-state index in [1.165, 1.54) is 26.8 Å². The van der Waals surface area contributed by atoms with Gasteiger partial charge in [-0.1, -0.05) is 36.4 Å². The number of benzene rings is 2. The summed E-state index contributed by atoms with van der Waals surface area (Å²) in [5.74, 6) is 0.0150. The van der Waals surface area contributed by atoms with Crippen molar-refractivity contribution in [2.75, 3.05) is 11.9 Å². The highest BCUT2D eigenvalue weighted by molar-refractivity contribution is 7.16. The molecule has 0 saturated heterocycles. The fourth-order valence-electron chi connectivity index (χ4n) is 2.86. The van der Waals surface area contributed by atoms with Crippen molar-refractivity contribution < 1.29 is 4.79 Å². The van der Waals surface area contributed by atoms with Crippen LogP contribution in [0.5, 0.6) is 0 Å². The van der Waals surface area contributed by atoms with Crippen LogP contribution in [0.15, 0.2) is 36.4 Å². The number of hydrogen-bond donors (Lipinski definition) is 0. The first kappa shape index (κ1) is 12.5. The monoisotopic (exact) mass is 294 g/mol. The molecule has 4 rings (SSSR count). The van der Waals surface area contributed by atoms with E-state index in [1.54, 1.807) is 30.2 Å². The lowest BCUT2D eigenvalue weighted by Crippen LogP contribution is -2.22. The lowest BCUT2D eigenvalue weighted by molar-refractivity contribution is -0.116. The first-order chi connectivity index (χ1) is 10.1. The summed E-state index contributed by atoms with van der Waals surface area (Å²) in [5.41, 5.74) is 3.62. The summed E-state index contributed by atoms with van der Waals surface area (Å²) in [7, 11) is 1.78. The molecule has 0 N–H and O–H groups in total. The first-order valence-corrected chi connectivity index (χ1v) is 7.72. The molecule has 0 spiro atoms. The minimum absolute atomic E-state index is 0.0150. The van der Waals surface area contributed by atoms with Gasteiger partial charge in [0.25, 0.3) is 0 Å². The van der Waals surface area contributed by atoms with Crippen LogP contribution in [0.2, 0.25) is 0 Å². The normalized spacial score (nSPS) is 12.3. The third-order valence-electron chi connectivity index (χ3n) is 4.08. The molecule has 0 aliphatic heterocycles. The van der Waals surface area contributed by atoms with E-state index in [2.05, 4.69) is 41.4 Å². The molecule has 1 heterocycles. The lowest BCUT2D eigenvalue weighted by atomic mass is 10.0. The molecular weight excluding hydrogens is 280 g/mol. The van der Waals surface area contributed by atoms with E-state index in [4.69, 9.17) is 0 Å². The van der Waals surface area contributed by atoms with Crippen LogP contribution in [0.3, 0.4) is 0 Å². The van der Waals surface area contributed by atoms with Gasteiger partial charge in [0, 0.05) is 30.8 Å². The Morgan fingerprint density at radius 1 is 1.24 bits per heavy atom. The summed E-state index contributed by atoms with van der Waals surface area (Å²) in [6.07, 6.45) is 0.912. The van der Waals surface area contributed by atoms with Gasteiger partial charge in [-0.3, -0.25) is 9.69 Å². The van der Waals surface area contributed by atoms with Gasteiger partial charge in [-0.15, -0.1) is 11.3 Å². The average Bonchev–Trinajstić information content (AvgIpc) is 3.03. The SMILES string of the molecule is CC(=O)N(C)c1nc2c(s1)Cc1c-2ccc2ccccc12. The minimum atomic E-state index is 0.0150. The predicted octanol–water partition coefficient (Wildman–Crippen LogP) is 3.85. The number of thiazole rings is 1. The molecule has 1 amide bonds. The highest BCUT2D eigenvalue weighted by Gasteiger charge is 2.26. The second-order valence-electron chi connectivity index (χ2n) is 5.34. The van der Waals surface area contributed by atoms with Gasteiger partial charge in [0.2, 0.25) is 5.91 Å². The molecule has 2 aromatic carbocycles. The molecule has 0 unspecified atom stereocenters. The van der Waals surface area contributed by atoms with Crippen molar-refractivity contribution >= 4 is 33.1 Å². The molecule has 104 valence electrons. The number of carbonyl (C=O) groups is 1. The highest BCUT2D eigenvalue weighted by Crippen LogP contribution is 2.44. The maximum Gasteiger partial charge on any atom is 0.225 e. The molecule has 0 radical (unpaired) electrons. The number of fused-ring (bicyclic) bond motifs is 5. The van der Waals surface area contributed by atoms with Gasteiger partial charge >= 0.3 is 0 Å². The van der Waals surface area contributed by atoms with Gasteiger partial charge in [-0.05, 0) is 16.3 Å². The molecule has 3 nitrogen and oxygen atoms in total. The second-order valence-corrected chi connectivity index (χ2v) is 6.40. The van der Waals surface area contributed by atoms with E-state index >= 15 is 0 Å². The Bertz CT molecular complexity index is 882. The topological polar surface area (TPSA) is 33.2 Å². The quantitative estimate of drug-likeness (QED) is 0.534. The Morgan fingerprint density at radius 3 is 2.86 bits per heavy atom. The highest BCUT2D eigenvalue weighted by atomic mass is 32.1. The first-order valence-electron chi connectivity index (χ1n) is 6.90. The largest absolute Gasteiger partial charge is 0.291 e. The maximum absolute atomic E-state index is 11.5. The van der Waals surface area contributed by atoms with Crippen LogP contribution in [0.25, 0.3) is 22.0 Å². The zero-order valence-corrected chi connectivity index (χ0v) is 12.7. The predicted molar refractivity (Wildman–Crippen MR) is 86.9 cm³/mol. The molecule has 1 aliphatic carbocycles. The lowest BCUT2D eigenvalue weighted by Gasteiger charge is -2.10. The molecule has 3 aromatic rings. The van der Waals surface area contributed by atoms with Gasteiger partial charge in [0.05, 0.1) is 5.69 Å². The third-order valence-corrected chi connectivity index (χ3v) is 5.21. The molecule has 1 aromatic heterocycles. The van der Waals surface area contributed by atoms with Crippen LogP contribution in [0.1, 0.15) is 17.4 Å². The number of aromatic nitrogens is 1. The van der Waals surface area contributed by atoms with E-state index in [-0.39, 0.29) is 5.91 Å². The van der Waals surface area contributed by atoms with E-state index < -0.39 is 0 Å². The van der Waals surface area contributed by atoms with Crippen LogP contribution in [-0.2, 0) is 11.2 Å².